The highest BCUT2D eigenvalue weighted by molar-refractivity contribution is 6.32. The quantitative estimate of drug-likeness (QED) is 0.733. The second-order valence-corrected chi connectivity index (χ2v) is 6.28. The van der Waals surface area contributed by atoms with Crippen molar-refractivity contribution < 1.29 is 14.3 Å². The number of benzene rings is 2. The summed E-state index contributed by atoms with van der Waals surface area (Å²) in [6, 6.07) is 14.5. The molecule has 26 heavy (non-hydrogen) atoms. The molecule has 1 fully saturated rings. The van der Waals surface area contributed by atoms with Crippen LogP contribution in [0.25, 0.3) is 0 Å². The van der Waals surface area contributed by atoms with Gasteiger partial charge in [0.25, 0.3) is 0 Å². The average Bonchev–Trinajstić information content (AvgIpc) is 3.12. The third kappa shape index (κ3) is 6.18. The molecule has 1 unspecified atom stereocenters. The highest BCUT2D eigenvalue weighted by atomic mass is 35.5. The molecule has 1 aliphatic rings. The maximum atomic E-state index is 11.9. The lowest BCUT2D eigenvalue weighted by molar-refractivity contribution is -0.115. The number of para-hydroxylation sites is 1. The number of anilines is 1. The summed E-state index contributed by atoms with van der Waals surface area (Å²) in [6.07, 6.45) is 2.39. The summed E-state index contributed by atoms with van der Waals surface area (Å²) in [4.78, 5) is 11.9. The molecule has 2 aromatic rings. The minimum atomic E-state index is -0.0854. The summed E-state index contributed by atoms with van der Waals surface area (Å²) < 4.78 is 11.2. The Morgan fingerprint density at radius 1 is 1.19 bits per heavy atom. The van der Waals surface area contributed by atoms with Gasteiger partial charge in [-0.15, -0.1) is 12.4 Å². The molecule has 140 valence electrons. The summed E-state index contributed by atoms with van der Waals surface area (Å²) in [5.41, 5.74) is 0.718. The molecular weight excluding hydrogens is 375 g/mol. The van der Waals surface area contributed by atoms with Crippen molar-refractivity contribution in [2.24, 2.45) is 0 Å². The number of amides is 1. The molecule has 0 radical (unpaired) electrons. The first-order chi connectivity index (χ1) is 12.2. The van der Waals surface area contributed by atoms with E-state index in [1.165, 1.54) is 0 Å². The third-order valence-electron chi connectivity index (χ3n) is 3.88. The zero-order chi connectivity index (χ0) is 17.5. The molecule has 0 saturated carbocycles. The maximum absolute atomic E-state index is 11.9. The SMILES string of the molecule is Cl.O=C(CNCC1CCCO1)Nc1ccc(Oc2ccccc2Cl)cc1. The van der Waals surface area contributed by atoms with Gasteiger partial charge in [0.1, 0.15) is 11.5 Å². The molecule has 0 spiro atoms. The molecule has 3 rings (SSSR count). The van der Waals surface area contributed by atoms with Gasteiger partial charge < -0.3 is 20.1 Å². The van der Waals surface area contributed by atoms with Crippen molar-refractivity contribution in [3.05, 3.63) is 53.6 Å². The number of carbonyl (C=O) groups excluding carboxylic acids is 1. The molecule has 0 bridgehead atoms. The summed E-state index contributed by atoms with van der Waals surface area (Å²) >= 11 is 6.07. The Kier molecular flexibility index (Phi) is 8.19. The fourth-order valence-electron chi connectivity index (χ4n) is 2.62. The topological polar surface area (TPSA) is 59.6 Å². The van der Waals surface area contributed by atoms with Crippen LogP contribution in [-0.2, 0) is 9.53 Å². The van der Waals surface area contributed by atoms with E-state index in [1.807, 2.05) is 12.1 Å². The monoisotopic (exact) mass is 396 g/mol. The number of carbonyl (C=O) groups is 1. The lowest BCUT2D eigenvalue weighted by Gasteiger charge is -2.11. The van der Waals surface area contributed by atoms with Gasteiger partial charge in [-0.3, -0.25) is 4.79 Å². The predicted molar refractivity (Wildman–Crippen MR) is 106 cm³/mol. The number of ether oxygens (including phenoxy) is 2. The minimum Gasteiger partial charge on any atom is -0.456 e. The van der Waals surface area contributed by atoms with E-state index in [-0.39, 0.29) is 31.0 Å². The van der Waals surface area contributed by atoms with Crippen LogP contribution in [-0.4, -0.2) is 31.7 Å². The van der Waals surface area contributed by atoms with Gasteiger partial charge in [-0.2, -0.15) is 0 Å². The number of nitrogens with one attached hydrogen (secondary N) is 2. The lowest BCUT2D eigenvalue weighted by atomic mass is 10.2. The molecule has 5 nitrogen and oxygen atoms in total. The van der Waals surface area contributed by atoms with Crippen molar-refractivity contribution in [1.29, 1.82) is 0 Å². The summed E-state index contributed by atoms with van der Waals surface area (Å²) in [5.74, 6) is 1.17. The van der Waals surface area contributed by atoms with Crippen LogP contribution in [0.1, 0.15) is 12.8 Å². The van der Waals surface area contributed by atoms with E-state index >= 15 is 0 Å². The molecule has 1 heterocycles. The normalized spacial score (nSPS) is 16.0. The van der Waals surface area contributed by atoms with Crippen LogP contribution >= 0.6 is 24.0 Å². The van der Waals surface area contributed by atoms with Gasteiger partial charge in [0.2, 0.25) is 5.91 Å². The number of hydrogen-bond donors (Lipinski definition) is 2. The van der Waals surface area contributed by atoms with E-state index in [0.29, 0.717) is 23.1 Å². The number of hydrogen-bond acceptors (Lipinski definition) is 4. The molecular formula is C19H22Cl2N2O3. The first kappa shape index (κ1) is 20.5. The van der Waals surface area contributed by atoms with Crippen LogP contribution in [0.2, 0.25) is 5.02 Å². The fraction of sp³-hybridized carbons (Fsp3) is 0.316. The van der Waals surface area contributed by atoms with Crippen LogP contribution in [0.15, 0.2) is 48.5 Å². The summed E-state index contributed by atoms with van der Waals surface area (Å²) in [7, 11) is 0. The van der Waals surface area contributed by atoms with Crippen molar-refractivity contribution in [3.63, 3.8) is 0 Å². The second-order valence-electron chi connectivity index (χ2n) is 5.87. The van der Waals surface area contributed by atoms with E-state index in [9.17, 15) is 4.79 Å². The van der Waals surface area contributed by atoms with Crippen molar-refractivity contribution in [2.75, 3.05) is 25.0 Å². The highest BCUT2D eigenvalue weighted by Gasteiger charge is 2.15. The van der Waals surface area contributed by atoms with Crippen molar-refractivity contribution in [3.8, 4) is 11.5 Å². The van der Waals surface area contributed by atoms with E-state index in [4.69, 9.17) is 21.1 Å². The van der Waals surface area contributed by atoms with Gasteiger partial charge in [-0.25, -0.2) is 0 Å². The zero-order valence-electron chi connectivity index (χ0n) is 14.2. The maximum Gasteiger partial charge on any atom is 0.238 e. The van der Waals surface area contributed by atoms with Gasteiger partial charge >= 0.3 is 0 Å². The molecule has 1 amide bonds. The Bertz CT molecular complexity index is 704. The Balaban J connectivity index is 0.00000243. The van der Waals surface area contributed by atoms with Crippen molar-refractivity contribution in [2.45, 2.75) is 18.9 Å². The lowest BCUT2D eigenvalue weighted by Crippen LogP contribution is -2.33. The molecule has 2 aromatic carbocycles. The molecule has 7 heteroatoms. The minimum absolute atomic E-state index is 0. The fourth-order valence-corrected chi connectivity index (χ4v) is 2.79. The largest absolute Gasteiger partial charge is 0.456 e. The smallest absolute Gasteiger partial charge is 0.238 e. The van der Waals surface area contributed by atoms with Crippen LogP contribution in [0, 0.1) is 0 Å². The standard InChI is InChI=1S/C19H21ClN2O3.ClH/c20-17-5-1-2-6-18(17)25-15-9-7-14(8-10-15)22-19(23)13-21-12-16-4-3-11-24-16;/h1-2,5-10,16,21H,3-4,11-13H2,(H,22,23);1H. The van der Waals surface area contributed by atoms with Gasteiger partial charge in [-0.05, 0) is 49.2 Å². The number of rotatable bonds is 7. The van der Waals surface area contributed by atoms with E-state index in [2.05, 4.69) is 10.6 Å². The van der Waals surface area contributed by atoms with Gasteiger partial charge in [0.05, 0.1) is 17.7 Å². The number of halogens is 2. The summed E-state index contributed by atoms with van der Waals surface area (Å²) in [5, 5.41) is 6.52. The molecule has 0 aromatic heterocycles. The van der Waals surface area contributed by atoms with Crippen LogP contribution in [0.4, 0.5) is 5.69 Å². The van der Waals surface area contributed by atoms with Gasteiger partial charge in [-0.1, -0.05) is 23.7 Å². The van der Waals surface area contributed by atoms with E-state index in [1.54, 1.807) is 36.4 Å². The average molecular weight is 397 g/mol. The van der Waals surface area contributed by atoms with Gasteiger partial charge in [0, 0.05) is 18.8 Å². The Labute approximate surface area is 164 Å². The predicted octanol–water partition coefficient (Wildman–Crippen LogP) is 4.26. The molecule has 1 saturated heterocycles. The van der Waals surface area contributed by atoms with Crippen molar-refractivity contribution >= 4 is 35.6 Å². The molecule has 1 atom stereocenters. The first-order valence-electron chi connectivity index (χ1n) is 8.35. The van der Waals surface area contributed by atoms with Crippen LogP contribution < -0.4 is 15.4 Å². The molecule has 0 aliphatic carbocycles. The summed E-state index contributed by atoms with van der Waals surface area (Å²) in [6.45, 7) is 1.79. The van der Waals surface area contributed by atoms with Crippen molar-refractivity contribution in [1.82, 2.24) is 5.32 Å². The highest BCUT2D eigenvalue weighted by Crippen LogP contribution is 2.29. The second kappa shape index (κ2) is 10.4. The Morgan fingerprint density at radius 2 is 1.96 bits per heavy atom. The Morgan fingerprint density at radius 3 is 2.65 bits per heavy atom. The first-order valence-corrected chi connectivity index (χ1v) is 8.73. The molecule has 2 N–H and O–H groups in total. The van der Waals surface area contributed by atoms with Gasteiger partial charge in [0.15, 0.2) is 0 Å². The third-order valence-corrected chi connectivity index (χ3v) is 4.20. The Hall–Kier alpha value is -1.79. The van der Waals surface area contributed by atoms with E-state index in [0.717, 1.165) is 25.1 Å². The van der Waals surface area contributed by atoms with E-state index < -0.39 is 0 Å². The zero-order valence-corrected chi connectivity index (χ0v) is 15.8. The molecule has 1 aliphatic heterocycles. The van der Waals surface area contributed by atoms with Crippen LogP contribution in [0.3, 0.4) is 0 Å². The van der Waals surface area contributed by atoms with Crippen LogP contribution in [0.5, 0.6) is 11.5 Å².